The van der Waals surface area contributed by atoms with Crippen molar-refractivity contribution in [3.63, 3.8) is 0 Å². The molecule has 0 saturated heterocycles. The Balaban J connectivity index is 2.41. The molecule has 0 aliphatic rings. The summed E-state index contributed by atoms with van der Waals surface area (Å²) in [5.74, 6) is 0. The van der Waals surface area contributed by atoms with E-state index in [1.165, 1.54) is 41.1 Å². The molecule has 2 aromatic heterocycles. The number of sulfonamides is 1. The first-order chi connectivity index (χ1) is 8.94. The van der Waals surface area contributed by atoms with Crippen LogP contribution >= 0.6 is 11.3 Å². The Morgan fingerprint density at radius 2 is 2.11 bits per heavy atom. The van der Waals surface area contributed by atoms with Crippen LogP contribution in [-0.2, 0) is 10.0 Å². The topological polar surface area (TPSA) is 70.2 Å². The summed E-state index contributed by atoms with van der Waals surface area (Å²) < 4.78 is 26.0. The summed E-state index contributed by atoms with van der Waals surface area (Å²) in [6.45, 7) is 1.79. The number of aromatic amines is 1. The Morgan fingerprint density at radius 1 is 1.37 bits per heavy atom. The van der Waals surface area contributed by atoms with E-state index in [2.05, 4.69) is 4.98 Å². The van der Waals surface area contributed by atoms with Gasteiger partial charge in [-0.25, -0.2) is 8.42 Å². The van der Waals surface area contributed by atoms with E-state index in [4.69, 9.17) is 0 Å². The summed E-state index contributed by atoms with van der Waals surface area (Å²) in [6, 6.07) is 4.63. The van der Waals surface area contributed by atoms with E-state index < -0.39 is 15.5 Å². The molecule has 5 nitrogen and oxygen atoms in total. The molecule has 0 bridgehead atoms. The van der Waals surface area contributed by atoms with E-state index in [1.807, 2.05) is 17.5 Å². The van der Waals surface area contributed by atoms with Crippen LogP contribution in [0.5, 0.6) is 0 Å². The molecule has 2 rings (SSSR count). The van der Waals surface area contributed by atoms with Crippen molar-refractivity contribution < 1.29 is 8.42 Å². The normalized spacial score (nSPS) is 13.6. The summed E-state index contributed by atoms with van der Waals surface area (Å²) in [4.78, 5) is 15.0. The number of thiophene rings is 1. The molecule has 1 N–H and O–H groups in total. The number of hydrogen-bond donors (Lipinski definition) is 1. The highest BCUT2D eigenvalue weighted by atomic mass is 32.2. The quantitative estimate of drug-likeness (QED) is 0.936. The first-order valence-corrected chi connectivity index (χ1v) is 7.95. The summed E-state index contributed by atoms with van der Waals surface area (Å²) in [5, 5.41) is 1.89. The van der Waals surface area contributed by atoms with Crippen LogP contribution in [0.4, 0.5) is 0 Å². The van der Waals surface area contributed by atoms with Gasteiger partial charge < -0.3 is 4.98 Å². The van der Waals surface area contributed by atoms with Gasteiger partial charge in [-0.1, -0.05) is 6.07 Å². The molecule has 2 heterocycles. The zero-order chi connectivity index (χ0) is 14.0. The minimum absolute atomic E-state index is 0.235. The highest BCUT2D eigenvalue weighted by Gasteiger charge is 2.28. The van der Waals surface area contributed by atoms with Gasteiger partial charge in [0.05, 0.1) is 6.04 Å². The number of nitrogens with one attached hydrogen (secondary N) is 1. The summed E-state index contributed by atoms with van der Waals surface area (Å²) >= 11 is 1.48. The zero-order valence-corrected chi connectivity index (χ0v) is 12.2. The van der Waals surface area contributed by atoms with E-state index in [0.29, 0.717) is 0 Å². The van der Waals surface area contributed by atoms with Gasteiger partial charge in [-0.3, -0.25) is 4.79 Å². The number of H-pyrrole nitrogens is 1. The van der Waals surface area contributed by atoms with Crippen molar-refractivity contribution in [1.82, 2.24) is 9.29 Å². The molecule has 2 aromatic rings. The number of pyridine rings is 1. The van der Waals surface area contributed by atoms with Gasteiger partial charge in [0.15, 0.2) is 0 Å². The molecular formula is C12H14N2O3S2. The van der Waals surface area contributed by atoms with E-state index >= 15 is 0 Å². The maximum Gasteiger partial charge on any atom is 0.248 e. The lowest BCUT2D eigenvalue weighted by Crippen LogP contribution is -2.32. The van der Waals surface area contributed by atoms with Gasteiger partial charge in [0.1, 0.15) is 4.90 Å². The Bertz CT molecular complexity index is 705. The zero-order valence-electron chi connectivity index (χ0n) is 10.5. The number of hydrogen-bond acceptors (Lipinski definition) is 4. The van der Waals surface area contributed by atoms with Crippen molar-refractivity contribution >= 4 is 21.4 Å². The van der Waals surface area contributed by atoms with Gasteiger partial charge in [-0.2, -0.15) is 4.31 Å². The summed E-state index contributed by atoms with van der Waals surface area (Å²) in [7, 11) is -2.32. The lowest BCUT2D eigenvalue weighted by Gasteiger charge is -2.22. The molecule has 0 radical (unpaired) electrons. The molecule has 0 saturated carbocycles. The van der Waals surface area contributed by atoms with Crippen LogP contribution in [-0.4, -0.2) is 24.8 Å². The molecule has 0 amide bonds. The van der Waals surface area contributed by atoms with Gasteiger partial charge in [-0.05, 0) is 18.4 Å². The van der Waals surface area contributed by atoms with Gasteiger partial charge >= 0.3 is 0 Å². The Morgan fingerprint density at radius 3 is 2.68 bits per heavy atom. The highest BCUT2D eigenvalue weighted by molar-refractivity contribution is 7.89. The highest BCUT2D eigenvalue weighted by Crippen LogP contribution is 2.27. The second kappa shape index (κ2) is 5.28. The van der Waals surface area contributed by atoms with Crippen LogP contribution in [0.25, 0.3) is 0 Å². The van der Waals surface area contributed by atoms with Crippen LogP contribution in [0, 0.1) is 0 Å². The molecule has 102 valence electrons. The van der Waals surface area contributed by atoms with Crippen LogP contribution in [0.1, 0.15) is 17.8 Å². The number of rotatable bonds is 4. The molecule has 19 heavy (non-hydrogen) atoms. The molecule has 0 fully saturated rings. The van der Waals surface area contributed by atoms with E-state index in [0.717, 1.165) is 4.88 Å². The molecule has 0 spiro atoms. The van der Waals surface area contributed by atoms with Gasteiger partial charge in [-0.15, -0.1) is 11.3 Å². The molecule has 1 atom stereocenters. The first-order valence-electron chi connectivity index (χ1n) is 5.63. The summed E-state index contributed by atoms with van der Waals surface area (Å²) in [5.41, 5.74) is -0.510. The molecule has 0 aromatic carbocycles. The fraction of sp³-hybridized carbons (Fsp3) is 0.250. The smallest absolute Gasteiger partial charge is 0.248 e. The predicted octanol–water partition coefficient (Wildman–Crippen LogP) is 1.82. The van der Waals surface area contributed by atoms with E-state index in [9.17, 15) is 13.2 Å². The van der Waals surface area contributed by atoms with Crippen molar-refractivity contribution in [1.29, 1.82) is 0 Å². The minimum Gasteiger partial charge on any atom is -0.366 e. The Kier molecular flexibility index (Phi) is 3.88. The Hall–Kier alpha value is -1.44. The molecule has 0 aliphatic carbocycles. The lowest BCUT2D eigenvalue weighted by atomic mass is 10.3. The third-order valence-electron chi connectivity index (χ3n) is 2.95. The average molecular weight is 298 g/mol. The average Bonchev–Trinajstić information content (AvgIpc) is 2.91. The third kappa shape index (κ3) is 2.63. The molecule has 0 aliphatic heterocycles. The number of aromatic nitrogens is 1. The maximum absolute atomic E-state index is 12.4. The van der Waals surface area contributed by atoms with Crippen molar-refractivity contribution in [2.45, 2.75) is 17.9 Å². The van der Waals surface area contributed by atoms with Crippen LogP contribution in [0.3, 0.4) is 0 Å². The van der Waals surface area contributed by atoms with Crippen molar-refractivity contribution in [3.05, 3.63) is 51.1 Å². The fourth-order valence-corrected chi connectivity index (χ4v) is 3.95. The first kappa shape index (κ1) is 14.0. The van der Waals surface area contributed by atoms with Gasteiger partial charge in [0.2, 0.25) is 15.5 Å². The number of nitrogens with zero attached hydrogens (tertiary/aromatic N) is 1. The largest absolute Gasteiger partial charge is 0.366 e. The molecular weight excluding hydrogens is 284 g/mol. The van der Waals surface area contributed by atoms with Gasteiger partial charge in [0.25, 0.3) is 0 Å². The maximum atomic E-state index is 12.4. The second-order valence-electron chi connectivity index (χ2n) is 4.09. The van der Waals surface area contributed by atoms with Crippen LogP contribution in [0.2, 0.25) is 0 Å². The second-order valence-corrected chi connectivity index (χ2v) is 7.03. The van der Waals surface area contributed by atoms with Crippen molar-refractivity contribution in [2.75, 3.05) is 7.05 Å². The van der Waals surface area contributed by atoms with E-state index in [-0.39, 0.29) is 10.9 Å². The summed E-state index contributed by atoms with van der Waals surface area (Å²) in [6.07, 6.45) is 2.62. The molecule has 7 heteroatoms. The predicted molar refractivity (Wildman–Crippen MR) is 74.7 cm³/mol. The third-order valence-corrected chi connectivity index (χ3v) is 5.94. The van der Waals surface area contributed by atoms with Crippen molar-refractivity contribution in [2.24, 2.45) is 0 Å². The fourth-order valence-electron chi connectivity index (χ4n) is 1.67. The molecule has 1 unspecified atom stereocenters. The van der Waals surface area contributed by atoms with Crippen molar-refractivity contribution in [3.8, 4) is 0 Å². The van der Waals surface area contributed by atoms with Gasteiger partial charge in [0, 0.05) is 30.4 Å². The standard InChI is InChI=1S/C12H14N2O3S2/c1-9(11-4-3-7-18-11)14(2)19(16,17)12-8-13-6-5-10(12)15/h3-9H,1-2H3,(H,13,15). The van der Waals surface area contributed by atoms with Crippen LogP contribution < -0.4 is 5.43 Å². The SMILES string of the molecule is CC(c1cccs1)N(C)S(=O)(=O)c1c[nH]ccc1=O. The minimum atomic E-state index is -3.80. The lowest BCUT2D eigenvalue weighted by molar-refractivity contribution is 0.402. The van der Waals surface area contributed by atoms with Crippen LogP contribution in [0.15, 0.2) is 45.7 Å². The van der Waals surface area contributed by atoms with E-state index in [1.54, 1.807) is 6.92 Å². The Labute approximate surface area is 115 Å². The monoisotopic (exact) mass is 298 g/mol.